The minimum atomic E-state index is -0.385. The molecule has 1 aromatic carbocycles. The summed E-state index contributed by atoms with van der Waals surface area (Å²) in [4.78, 5) is 13.7. The van der Waals surface area contributed by atoms with Crippen LogP contribution in [-0.4, -0.2) is 41.7 Å². The molecule has 2 unspecified atom stereocenters. The minimum Gasteiger partial charge on any atom is -0.484 e. The van der Waals surface area contributed by atoms with Gasteiger partial charge in [0.25, 0.3) is 5.91 Å². The molecule has 1 heterocycles. The molecule has 20 heavy (non-hydrogen) atoms. The number of halogens is 2. The average molecular weight is 318 g/mol. The van der Waals surface area contributed by atoms with E-state index in [-0.39, 0.29) is 24.5 Å². The van der Waals surface area contributed by atoms with E-state index < -0.39 is 0 Å². The Hall–Kier alpha value is -0.970. The second kappa shape index (κ2) is 6.66. The molecule has 0 bridgehead atoms. The minimum absolute atomic E-state index is 0.0372. The van der Waals surface area contributed by atoms with E-state index >= 15 is 0 Å². The van der Waals surface area contributed by atoms with E-state index in [9.17, 15) is 9.90 Å². The Bertz CT molecular complexity index is 493. The number of aliphatic hydroxyl groups excluding tert-OH is 1. The third-order valence-corrected chi connectivity index (χ3v) is 4.25. The van der Waals surface area contributed by atoms with Crippen LogP contribution in [0.15, 0.2) is 18.2 Å². The van der Waals surface area contributed by atoms with Crippen molar-refractivity contribution in [2.45, 2.75) is 19.4 Å². The molecule has 0 saturated carbocycles. The van der Waals surface area contributed by atoms with Crippen LogP contribution in [0.3, 0.4) is 0 Å². The summed E-state index contributed by atoms with van der Waals surface area (Å²) in [5.74, 6) is 0.585. The van der Waals surface area contributed by atoms with Gasteiger partial charge in [-0.2, -0.15) is 0 Å². The average Bonchev–Trinajstić information content (AvgIpc) is 2.89. The van der Waals surface area contributed by atoms with Gasteiger partial charge in [0, 0.05) is 25.1 Å². The summed E-state index contributed by atoms with van der Waals surface area (Å²) in [6, 6.07) is 4.88. The normalized spacial score (nSPS) is 20.0. The Balaban J connectivity index is 1.85. The first-order valence-electron chi connectivity index (χ1n) is 6.51. The van der Waals surface area contributed by atoms with Crippen molar-refractivity contribution in [1.82, 2.24) is 4.90 Å². The van der Waals surface area contributed by atoms with E-state index in [4.69, 9.17) is 27.9 Å². The van der Waals surface area contributed by atoms with Gasteiger partial charge in [0.05, 0.1) is 16.1 Å². The Morgan fingerprint density at radius 2 is 2.25 bits per heavy atom. The van der Waals surface area contributed by atoms with E-state index in [0.29, 0.717) is 28.9 Å². The quantitative estimate of drug-likeness (QED) is 0.928. The second-order valence-electron chi connectivity index (χ2n) is 4.99. The van der Waals surface area contributed by atoms with E-state index in [0.717, 1.165) is 6.42 Å². The van der Waals surface area contributed by atoms with Crippen molar-refractivity contribution < 1.29 is 14.6 Å². The zero-order valence-corrected chi connectivity index (χ0v) is 12.7. The first-order chi connectivity index (χ1) is 9.47. The molecule has 6 heteroatoms. The van der Waals surface area contributed by atoms with Crippen LogP contribution < -0.4 is 4.74 Å². The van der Waals surface area contributed by atoms with Gasteiger partial charge in [-0.1, -0.05) is 23.2 Å². The van der Waals surface area contributed by atoms with E-state index in [1.807, 2.05) is 0 Å². The van der Waals surface area contributed by atoms with E-state index in [1.54, 1.807) is 30.0 Å². The van der Waals surface area contributed by atoms with Crippen LogP contribution in [0.25, 0.3) is 0 Å². The highest BCUT2D eigenvalue weighted by molar-refractivity contribution is 6.42. The van der Waals surface area contributed by atoms with Gasteiger partial charge >= 0.3 is 0 Å². The van der Waals surface area contributed by atoms with Crippen molar-refractivity contribution in [1.29, 1.82) is 0 Å². The number of benzene rings is 1. The number of carbonyl (C=O) groups is 1. The lowest BCUT2D eigenvalue weighted by molar-refractivity contribution is -0.132. The summed E-state index contributed by atoms with van der Waals surface area (Å²) in [7, 11) is 0. The van der Waals surface area contributed by atoms with Gasteiger partial charge in [-0.15, -0.1) is 0 Å². The van der Waals surface area contributed by atoms with Crippen molar-refractivity contribution in [3.05, 3.63) is 28.2 Å². The third kappa shape index (κ3) is 3.78. The van der Waals surface area contributed by atoms with Crippen LogP contribution in [0.2, 0.25) is 10.0 Å². The molecule has 1 aliphatic rings. The fourth-order valence-corrected chi connectivity index (χ4v) is 2.50. The number of likely N-dealkylation sites (tertiary alicyclic amines) is 1. The predicted octanol–water partition coefficient (Wildman–Crippen LogP) is 2.60. The number of carbonyl (C=O) groups excluding carboxylic acids is 1. The highest BCUT2D eigenvalue weighted by Gasteiger charge is 2.29. The van der Waals surface area contributed by atoms with Gasteiger partial charge in [-0.25, -0.2) is 0 Å². The maximum absolute atomic E-state index is 12.0. The number of hydrogen-bond donors (Lipinski definition) is 1. The second-order valence-corrected chi connectivity index (χ2v) is 5.81. The van der Waals surface area contributed by atoms with Crippen LogP contribution in [0.4, 0.5) is 0 Å². The van der Waals surface area contributed by atoms with Crippen LogP contribution in [-0.2, 0) is 4.79 Å². The van der Waals surface area contributed by atoms with E-state index in [2.05, 4.69) is 0 Å². The van der Waals surface area contributed by atoms with Gasteiger partial charge < -0.3 is 14.7 Å². The number of amides is 1. The molecule has 1 saturated heterocycles. The lowest BCUT2D eigenvalue weighted by Crippen LogP contribution is -2.34. The van der Waals surface area contributed by atoms with Crippen LogP contribution in [0.1, 0.15) is 13.3 Å². The predicted molar refractivity (Wildman–Crippen MR) is 78.3 cm³/mol. The monoisotopic (exact) mass is 317 g/mol. The molecule has 0 radical (unpaired) electrons. The maximum atomic E-state index is 12.0. The third-order valence-electron chi connectivity index (χ3n) is 3.51. The molecule has 1 fully saturated rings. The Morgan fingerprint density at radius 1 is 1.50 bits per heavy atom. The van der Waals surface area contributed by atoms with Gasteiger partial charge in [-0.3, -0.25) is 4.79 Å². The van der Waals surface area contributed by atoms with Gasteiger partial charge in [0.2, 0.25) is 0 Å². The Morgan fingerprint density at radius 3 is 2.85 bits per heavy atom. The summed E-state index contributed by atoms with van der Waals surface area (Å²) in [6.07, 6.45) is 0.444. The number of rotatable bonds is 4. The molecule has 0 spiro atoms. The van der Waals surface area contributed by atoms with Crippen molar-refractivity contribution >= 4 is 29.1 Å². The summed E-state index contributed by atoms with van der Waals surface area (Å²) in [5.41, 5.74) is 0. The summed E-state index contributed by atoms with van der Waals surface area (Å²) >= 11 is 11.7. The van der Waals surface area contributed by atoms with Gasteiger partial charge in [0.15, 0.2) is 6.61 Å². The molecule has 1 aromatic rings. The maximum Gasteiger partial charge on any atom is 0.260 e. The topological polar surface area (TPSA) is 49.8 Å². The number of ether oxygens (including phenoxy) is 1. The molecule has 0 aliphatic carbocycles. The number of nitrogens with zero attached hydrogens (tertiary/aromatic N) is 1. The Kier molecular flexibility index (Phi) is 5.13. The number of hydrogen-bond acceptors (Lipinski definition) is 3. The zero-order chi connectivity index (χ0) is 14.7. The number of aliphatic hydroxyl groups is 1. The first kappa shape index (κ1) is 15.4. The molecule has 4 nitrogen and oxygen atoms in total. The lowest BCUT2D eigenvalue weighted by atomic mass is 10.0. The lowest BCUT2D eigenvalue weighted by Gasteiger charge is -2.18. The standard InChI is InChI=1S/C14H17Cl2NO3/c1-9(18)10-4-5-17(7-10)14(19)8-20-11-2-3-12(15)13(16)6-11/h2-3,6,9-10,18H,4-5,7-8H2,1H3. The van der Waals surface area contributed by atoms with Crippen molar-refractivity contribution in [2.75, 3.05) is 19.7 Å². The van der Waals surface area contributed by atoms with Gasteiger partial charge in [-0.05, 0) is 25.5 Å². The summed E-state index contributed by atoms with van der Waals surface area (Å²) in [6.45, 7) is 2.97. The molecule has 0 aromatic heterocycles. The van der Waals surface area contributed by atoms with Crippen molar-refractivity contribution in [3.63, 3.8) is 0 Å². The first-order valence-corrected chi connectivity index (χ1v) is 7.26. The van der Waals surface area contributed by atoms with Crippen molar-refractivity contribution in [3.8, 4) is 5.75 Å². The fraction of sp³-hybridized carbons (Fsp3) is 0.500. The highest BCUT2D eigenvalue weighted by atomic mass is 35.5. The smallest absolute Gasteiger partial charge is 0.260 e. The zero-order valence-electron chi connectivity index (χ0n) is 11.2. The molecule has 1 aliphatic heterocycles. The highest BCUT2D eigenvalue weighted by Crippen LogP contribution is 2.26. The molecule has 1 amide bonds. The summed E-state index contributed by atoms with van der Waals surface area (Å²) < 4.78 is 5.41. The van der Waals surface area contributed by atoms with Crippen molar-refractivity contribution in [2.24, 2.45) is 5.92 Å². The Labute approximate surface area is 128 Å². The van der Waals surface area contributed by atoms with Crippen LogP contribution in [0.5, 0.6) is 5.75 Å². The molecular formula is C14H17Cl2NO3. The fourth-order valence-electron chi connectivity index (χ4n) is 2.21. The molecule has 2 rings (SSSR count). The summed E-state index contributed by atoms with van der Waals surface area (Å²) in [5, 5.41) is 10.4. The van der Waals surface area contributed by atoms with Crippen LogP contribution >= 0.6 is 23.2 Å². The molecule has 1 N–H and O–H groups in total. The SMILES string of the molecule is CC(O)C1CCN(C(=O)COc2ccc(Cl)c(Cl)c2)C1. The molecule has 2 atom stereocenters. The van der Waals surface area contributed by atoms with Crippen LogP contribution in [0, 0.1) is 5.92 Å². The largest absolute Gasteiger partial charge is 0.484 e. The molecular weight excluding hydrogens is 301 g/mol. The van der Waals surface area contributed by atoms with E-state index in [1.165, 1.54) is 0 Å². The molecule has 110 valence electrons. The van der Waals surface area contributed by atoms with Gasteiger partial charge in [0.1, 0.15) is 5.75 Å².